The van der Waals surface area contributed by atoms with Crippen LogP contribution in [-0.2, 0) is 4.74 Å². The van der Waals surface area contributed by atoms with Crippen molar-refractivity contribution in [1.29, 1.82) is 0 Å². The Hall–Kier alpha value is -4.66. The molecule has 0 spiro atoms. The summed E-state index contributed by atoms with van der Waals surface area (Å²) in [5, 5.41) is 18.1. The number of anilines is 1. The molecule has 2 heterocycles. The first-order valence-corrected chi connectivity index (χ1v) is 9.65. The largest absolute Gasteiger partial charge is 0.505 e. The van der Waals surface area contributed by atoms with Crippen LogP contribution in [0, 0.1) is 0 Å². The summed E-state index contributed by atoms with van der Waals surface area (Å²) in [6.45, 7) is 0. The van der Waals surface area contributed by atoms with Gasteiger partial charge in [0.15, 0.2) is 17.4 Å². The molecule has 0 saturated heterocycles. The lowest BCUT2D eigenvalue weighted by molar-refractivity contribution is 0.0597. The predicted octanol–water partition coefficient (Wildman–Crippen LogP) is 3.41. The summed E-state index contributed by atoms with van der Waals surface area (Å²) in [6, 6.07) is 15.4. The molecule has 0 saturated carbocycles. The number of aromatic amines is 2. The molecule has 2 aromatic heterocycles. The van der Waals surface area contributed by atoms with Crippen LogP contribution in [0.1, 0.15) is 26.3 Å². The van der Waals surface area contributed by atoms with Crippen molar-refractivity contribution in [1.82, 2.24) is 20.2 Å². The standard InChI is InChI=1S/C23H17N5O4/c1-32-23(31)14-8-12(9-15(24)21(14)30)20(29)11-6-7-13-18(10-11)27-28-19(13)22-25-16-4-2-3-5-17(16)26-22/h2-10,30H,24H2,1H3,(H,25,26)(H,27,28). The zero-order chi connectivity index (χ0) is 22.4. The number of esters is 1. The van der Waals surface area contributed by atoms with Crippen LogP contribution in [0.15, 0.2) is 54.6 Å². The third-order valence-electron chi connectivity index (χ3n) is 5.25. The molecule has 9 nitrogen and oxygen atoms in total. The number of nitrogens with two attached hydrogens (primary N) is 1. The topological polar surface area (TPSA) is 147 Å². The molecule has 0 unspecified atom stereocenters. The number of hydrogen-bond acceptors (Lipinski definition) is 7. The third-order valence-corrected chi connectivity index (χ3v) is 5.25. The molecule has 158 valence electrons. The molecule has 5 aromatic rings. The second-order valence-electron chi connectivity index (χ2n) is 7.22. The van der Waals surface area contributed by atoms with E-state index in [0.717, 1.165) is 16.4 Å². The number of phenols is 1. The highest BCUT2D eigenvalue weighted by Gasteiger charge is 2.20. The molecule has 5 N–H and O–H groups in total. The fourth-order valence-corrected chi connectivity index (χ4v) is 3.63. The van der Waals surface area contributed by atoms with Gasteiger partial charge in [0.1, 0.15) is 11.3 Å². The van der Waals surface area contributed by atoms with Crippen molar-refractivity contribution >= 4 is 39.4 Å². The summed E-state index contributed by atoms with van der Waals surface area (Å²) in [7, 11) is 1.18. The molecule has 0 atom stereocenters. The number of ether oxygens (including phenoxy) is 1. The zero-order valence-corrected chi connectivity index (χ0v) is 16.8. The summed E-state index contributed by atoms with van der Waals surface area (Å²) < 4.78 is 4.65. The lowest BCUT2D eigenvalue weighted by Crippen LogP contribution is -2.08. The van der Waals surface area contributed by atoms with Crippen molar-refractivity contribution < 1.29 is 19.4 Å². The van der Waals surface area contributed by atoms with Crippen molar-refractivity contribution in [3.8, 4) is 17.3 Å². The van der Waals surface area contributed by atoms with Crippen LogP contribution in [0.25, 0.3) is 33.5 Å². The predicted molar refractivity (Wildman–Crippen MR) is 118 cm³/mol. The maximum absolute atomic E-state index is 13.1. The molecule has 3 aromatic carbocycles. The summed E-state index contributed by atoms with van der Waals surface area (Å²) in [6.07, 6.45) is 0. The van der Waals surface area contributed by atoms with Crippen LogP contribution in [0.4, 0.5) is 5.69 Å². The van der Waals surface area contributed by atoms with Crippen molar-refractivity contribution in [2.24, 2.45) is 0 Å². The quantitative estimate of drug-likeness (QED) is 0.149. The lowest BCUT2D eigenvalue weighted by Gasteiger charge is -2.09. The molecule has 0 bridgehead atoms. The highest BCUT2D eigenvalue weighted by atomic mass is 16.5. The van der Waals surface area contributed by atoms with Crippen LogP contribution < -0.4 is 5.73 Å². The Morgan fingerprint density at radius 1 is 1.03 bits per heavy atom. The number of imidazole rings is 1. The normalized spacial score (nSPS) is 11.2. The number of aromatic nitrogens is 4. The van der Waals surface area contributed by atoms with Gasteiger partial charge in [-0.05, 0) is 36.4 Å². The van der Waals surface area contributed by atoms with Crippen molar-refractivity contribution in [3.05, 3.63) is 71.3 Å². The molecule has 0 fully saturated rings. The number of nitrogen functional groups attached to an aromatic ring is 1. The summed E-state index contributed by atoms with van der Waals surface area (Å²) in [5.74, 6) is -0.967. The van der Waals surface area contributed by atoms with Gasteiger partial charge in [-0.1, -0.05) is 18.2 Å². The molecule has 0 amide bonds. The summed E-state index contributed by atoms with van der Waals surface area (Å²) >= 11 is 0. The van der Waals surface area contributed by atoms with Gasteiger partial charge in [-0.25, -0.2) is 9.78 Å². The third kappa shape index (κ3) is 3.03. The van der Waals surface area contributed by atoms with Crippen LogP contribution in [0.5, 0.6) is 5.75 Å². The average molecular weight is 427 g/mol. The van der Waals surface area contributed by atoms with Crippen LogP contribution in [0.2, 0.25) is 0 Å². The fourth-order valence-electron chi connectivity index (χ4n) is 3.63. The second-order valence-corrected chi connectivity index (χ2v) is 7.22. The van der Waals surface area contributed by atoms with E-state index in [9.17, 15) is 14.7 Å². The van der Waals surface area contributed by atoms with E-state index in [2.05, 4.69) is 24.9 Å². The Balaban J connectivity index is 1.54. The van der Waals surface area contributed by atoms with E-state index >= 15 is 0 Å². The van der Waals surface area contributed by atoms with Gasteiger partial charge in [0.2, 0.25) is 0 Å². The maximum Gasteiger partial charge on any atom is 0.341 e. The monoisotopic (exact) mass is 427 g/mol. The number of nitrogens with zero attached hydrogens (tertiary/aromatic N) is 2. The number of rotatable bonds is 4. The number of carbonyl (C=O) groups excluding carboxylic acids is 2. The smallest absolute Gasteiger partial charge is 0.341 e. The van der Waals surface area contributed by atoms with Gasteiger partial charge < -0.3 is 20.6 Å². The van der Waals surface area contributed by atoms with Gasteiger partial charge in [-0.3, -0.25) is 9.89 Å². The van der Waals surface area contributed by atoms with E-state index in [-0.39, 0.29) is 22.6 Å². The molecule has 0 aliphatic carbocycles. The summed E-state index contributed by atoms with van der Waals surface area (Å²) in [5.41, 5.74) is 9.04. The first kappa shape index (κ1) is 19.3. The minimum absolute atomic E-state index is 0.0916. The molecule has 9 heteroatoms. The first-order chi connectivity index (χ1) is 15.5. The number of fused-ring (bicyclic) bond motifs is 2. The summed E-state index contributed by atoms with van der Waals surface area (Å²) in [4.78, 5) is 32.8. The van der Waals surface area contributed by atoms with E-state index in [4.69, 9.17) is 5.73 Å². The number of methoxy groups -OCH3 is 1. The molecule has 32 heavy (non-hydrogen) atoms. The number of H-pyrrole nitrogens is 2. The van der Waals surface area contributed by atoms with Crippen molar-refractivity contribution in [3.63, 3.8) is 0 Å². The van der Waals surface area contributed by atoms with Crippen molar-refractivity contribution in [2.45, 2.75) is 0 Å². The minimum atomic E-state index is -0.789. The fraction of sp³-hybridized carbons (Fsp3) is 0.0435. The van der Waals surface area contributed by atoms with Gasteiger partial charge in [-0.15, -0.1) is 0 Å². The van der Waals surface area contributed by atoms with E-state index in [1.54, 1.807) is 18.2 Å². The minimum Gasteiger partial charge on any atom is -0.505 e. The Kier molecular flexibility index (Phi) is 4.37. The number of aromatic hydroxyl groups is 1. The van der Waals surface area contributed by atoms with Gasteiger partial charge in [0, 0.05) is 16.5 Å². The Labute approximate surface area is 180 Å². The van der Waals surface area contributed by atoms with Gasteiger partial charge in [0.25, 0.3) is 0 Å². The van der Waals surface area contributed by atoms with Gasteiger partial charge >= 0.3 is 5.97 Å². The number of carbonyl (C=O) groups is 2. The number of benzene rings is 3. The number of hydrogen-bond donors (Lipinski definition) is 4. The molecular weight excluding hydrogens is 410 g/mol. The zero-order valence-electron chi connectivity index (χ0n) is 16.8. The number of nitrogens with one attached hydrogen (secondary N) is 2. The van der Waals surface area contributed by atoms with Gasteiger partial charge in [0.05, 0.1) is 29.3 Å². The first-order valence-electron chi connectivity index (χ1n) is 9.65. The molecule has 0 aliphatic rings. The van der Waals surface area contributed by atoms with Crippen LogP contribution in [-0.4, -0.2) is 44.1 Å². The Morgan fingerprint density at radius 2 is 1.84 bits per heavy atom. The van der Waals surface area contributed by atoms with E-state index in [0.29, 0.717) is 22.6 Å². The van der Waals surface area contributed by atoms with Crippen LogP contribution in [0.3, 0.4) is 0 Å². The number of phenolic OH excluding ortho intramolecular Hbond substituents is 1. The van der Waals surface area contributed by atoms with Crippen molar-refractivity contribution in [2.75, 3.05) is 12.8 Å². The highest BCUT2D eigenvalue weighted by molar-refractivity contribution is 6.13. The lowest BCUT2D eigenvalue weighted by atomic mass is 9.98. The molecule has 0 aliphatic heterocycles. The average Bonchev–Trinajstić information content (AvgIpc) is 3.43. The van der Waals surface area contributed by atoms with E-state index < -0.39 is 11.7 Å². The van der Waals surface area contributed by atoms with E-state index in [1.165, 1.54) is 19.2 Å². The SMILES string of the molecule is COC(=O)c1cc(C(=O)c2ccc3c(-c4nc5ccccc5[nH]4)n[nH]c3c2)cc(N)c1O. The Bertz CT molecular complexity index is 1500. The molecular formula is C23H17N5O4. The Morgan fingerprint density at radius 3 is 2.62 bits per heavy atom. The second kappa shape index (κ2) is 7.24. The maximum atomic E-state index is 13.1. The molecule has 5 rings (SSSR count). The number of ketones is 1. The molecule has 0 radical (unpaired) electrons. The highest BCUT2D eigenvalue weighted by Crippen LogP contribution is 2.30. The van der Waals surface area contributed by atoms with Crippen LogP contribution >= 0.6 is 0 Å². The van der Waals surface area contributed by atoms with Gasteiger partial charge in [-0.2, -0.15) is 5.10 Å². The number of para-hydroxylation sites is 2. The van der Waals surface area contributed by atoms with E-state index in [1.807, 2.05) is 24.3 Å².